The first kappa shape index (κ1) is 13.2. The zero-order valence-electron chi connectivity index (χ0n) is 9.79. The zero-order chi connectivity index (χ0) is 11.8. The number of anilines is 1. The third-order valence-corrected chi connectivity index (χ3v) is 2.11. The summed E-state index contributed by atoms with van der Waals surface area (Å²) in [6.45, 7) is 6.04. The van der Waals surface area contributed by atoms with Crippen LogP contribution in [0.5, 0.6) is 0 Å². The second kappa shape index (κ2) is 7.41. The van der Waals surface area contributed by atoms with Crippen LogP contribution in [0.1, 0.15) is 17.9 Å². The summed E-state index contributed by atoms with van der Waals surface area (Å²) >= 11 is 5.49. The highest BCUT2D eigenvalue weighted by Crippen LogP contribution is 2.05. The molecule has 5 heteroatoms. The van der Waals surface area contributed by atoms with Gasteiger partial charge in [0.1, 0.15) is 11.6 Å². The largest absolute Gasteiger partial charge is 0.380 e. The molecule has 0 amide bonds. The van der Waals surface area contributed by atoms with Crippen LogP contribution in [0.15, 0.2) is 6.07 Å². The Morgan fingerprint density at radius 2 is 2.12 bits per heavy atom. The lowest BCUT2D eigenvalue weighted by atomic mass is 10.4. The second-order valence-corrected chi connectivity index (χ2v) is 3.90. The van der Waals surface area contributed by atoms with E-state index in [2.05, 4.69) is 15.3 Å². The minimum Gasteiger partial charge on any atom is -0.380 e. The Bertz CT molecular complexity index is 300. The van der Waals surface area contributed by atoms with Gasteiger partial charge in [-0.15, -0.1) is 11.6 Å². The summed E-state index contributed by atoms with van der Waals surface area (Å²) in [7, 11) is 0. The maximum absolute atomic E-state index is 5.49. The summed E-state index contributed by atoms with van der Waals surface area (Å²) < 4.78 is 5.26. The highest BCUT2D eigenvalue weighted by molar-refractivity contribution is 6.17. The van der Waals surface area contributed by atoms with Crippen molar-refractivity contribution in [3.05, 3.63) is 17.6 Å². The van der Waals surface area contributed by atoms with E-state index in [-0.39, 0.29) is 0 Å². The van der Waals surface area contributed by atoms with Crippen molar-refractivity contribution < 1.29 is 4.74 Å². The van der Waals surface area contributed by atoms with Gasteiger partial charge in [-0.1, -0.05) is 0 Å². The van der Waals surface area contributed by atoms with E-state index in [0.717, 1.165) is 36.9 Å². The Morgan fingerprint density at radius 3 is 2.81 bits per heavy atom. The molecule has 0 spiro atoms. The number of rotatable bonds is 7. The third-order valence-electron chi connectivity index (χ3n) is 1.96. The molecule has 0 aromatic carbocycles. The Hall–Kier alpha value is -0.870. The summed E-state index contributed by atoms with van der Waals surface area (Å²) in [6, 6.07) is 1.94. The molecule has 1 rings (SSSR count). The predicted molar refractivity (Wildman–Crippen MR) is 66.2 cm³/mol. The van der Waals surface area contributed by atoms with Crippen molar-refractivity contribution >= 4 is 17.4 Å². The number of ether oxygens (including phenoxy) is 1. The van der Waals surface area contributed by atoms with Gasteiger partial charge in [-0.25, -0.2) is 9.97 Å². The van der Waals surface area contributed by atoms with Crippen molar-refractivity contribution in [1.29, 1.82) is 0 Å². The van der Waals surface area contributed by atoms with E-state index in [9.17, 15) is 0 Å². The number of aryl methyl sites for hydroxylation is 2. The Balaban J connectivity index is 2.21. The number of nitrogens with zero attached hydrogens (tertiary/aromatic N) is 2. The van der Waals surface area contributed by atoms with Crippen LogP contribution in [0.4, 0.5) is 5.82 Å². The highest BCUT2D eigenvalue weighted by atomic mass is 35.5. The number of alkyl halides is 1. The van der Waals surface area contributed by atoms with E-state index in [0.29, 0.717) is 12.5 Å². The van der Waals surface area contributed by atoms with Gasteiger partial charge in [-0.05, 0) is 20.3 Å². The molecule has 1 aromatic rings. The molecule has 0 bridgehead atoms. The molecule has 1 heterocycles. The van der Waals surface area contributed by atoms with Crippen molar-refractivity contribution in [1.82, 2.24) is 9.97 Å². The summed E-state index contributed by atoms with van der Waals surface area (Å²) in [4.78, 5) is 8.50. The van der Waals surface area contributed by atoms with Gasteiger partial charge < -0.3 is 10.1 Å². The monoisotopic (exact) mass is 243 g/mol. The molecule has 0 radical (unpaired) electrons. The van der Waals surface area contributed by atoms with E-state index in [1.165, 1.54) is 0 Å². The Morgan fingerprint density at radius 1 is 1.31 bits per heavy atom. The first-order chi connectivity index (χ1) is 7.72. The molecule has 16 heavy (non-hydrogen) atoms. The standard InChI is InChI=1S/C11H18ClN3O/c1-9-8-11(15-10(2)14-9)13-5-3-6-16-7-4-12/h8H,3-7H2,1-2H3,(H,13,14,15). The molecule has 90 valence electrons. The third kappa shape index (κ3) is 5.28. The van der Waals surface area contributed by atoms with Gasteiger partial charge in [-0.2, -0.15) is 0 Å². The fourth-order valence-electron chi connectivity index (χ4n) is 1.35. The van der Waals surface area contributed by atoms with Gasteiger partial charge in [0.2, 0.25) is 0 Å². The number of aromatic nitrogens is 2. The fourth-order valence-corrected chi connectivity index (χ4v) is 1.46. The van der Waals surface area contributed by atoms with E-state index >= 15 is 0 Å². The quantitative estimate of drug-likeness (QED) is 0.589. The molecule has 4 nitrogen and oxygen atoms in total. The molecule has 1 N–H and O–H groups in total. The van der Waals surface area contributed by atoms with E-state index in [1.54, 1.807) is 0 Å². The SMILES string of the molecule is Cc1cc(NCCCOCCCl)nc(C)n1. The van der Waals surface area contributed by atoms with E-state index in [1.807, 2.05) is 19.9 Å². The van der Waals surface area contributed by atoms with E-state index < -0.39 is 0 Å². The highest BCUT2D eigenvalue weighted by Gasteiger charge is 1.97. The zero-order valence-corrected chi connectivity index (χ0v) is 10.5. The van der Waals surface area contributed by atoms with Crippen LogP contribution in [0.25, 0.3) is 0 Å². The van der Waals surface area contributed by atoms with Crippen LogP contribution in [-0.4, -0.2) is 35.6 Å². The predicted octanol–water partition coefficient (Wildman–Crippen LogP) is 2.15. The van der Waals surface area contributed by atoms with Gasteiger partial charge >= 0.3 is 0 Å². The maximum atomic E-state index is 5.49. The summed E-state index contributed by atoms with van der Waals surface area (Å²) in [5.41, 5.74) is 0.980. The lowest BCUT2D eigenvalue weighted by Gasteiger charge is -2.07. The molecule has 0 aliphatic heterocycles. The average Bonchev–Trinajstić information content (AvgIpc) is 2.22. The van der Waals surface area contributed by atoms with Crippen LogP contribution < -0.4 is 5.32 Å². The molecule has 0 fully saturated rings. The fraction of sp³-hybridized carbons (Fsp3) is 0.636. The molecule has 0 atom stereocenters. The molecule has 0 saturated carbocycles. The van der Waals surface area contributed by atoms with Crippen molar-refractivity contribution in [3.63, 3.8) is 0 Å². The first-order valence-electron chi connectivity index (χ1n) is 5.42. The van der Waals surface area contributed by atoms with Crippen LogP contribution in [-0.2, 0) is 4.74 Å². The van der Waals surface area contributed by atoms with Crippen LogP contribution in [0.2, 0.25) is 0 Å². The summed E-state index contributed by atoms with van der Waals surface area (Å²) in [5, 5.41) is 3.24. The van der Waals surface area contributed by atoms with Gasteiger partial charge in [-0.3, -0.25) is 0 Å². The Kier molecular flexibility index (Phi) is 6.11. The topological polar surface area (TPSA) is 47.0 Å². The molecular formula is C11H18ClN3O. The van der Waals surface area contributed by atoms with Crippen LogP contribution in [0.3, 0.4) is 0 Å². The second-order valence-electron chi connectivity index (χ2n) is 3.52. The average molecular weight is 244 g/mol. The summed E-state index contributed by atoms with van der Waals surface area (Å²) in [6.07, 6.45) is 0.943. The normalized spacial score (nSPS) is 10.4. The Labute approximate surface area is 101 Å². The number of hydrogen-bond donors (Lipinski definition) is 1. The molecule has 1 aromatic heterocycles. The van der Waals surface area contributed by atoms with Gasteiger partial charge in [0, 0.05) is 30.8 Å². The van der Waals surface area contributed by atoms with Gasteiger partial charge in [0.15, 0.2) is 0 Å². The lowest BCUT2D eigenvalue weighted by molar-refractivity contribution is 0.149. The maximum Gasteiger partial charge on any atom is 0.129 e. The number of hydrogen-bond acceptors (Lipinski definition) is 4. The minimum absolute atomic E-state index is 0.553. The smallest absolute Gasteiger partial charge is 0.129 e. The van der Waals surface area contributed by atoms with E-state index in [4.69, 9.17) is 16.3 Å². The van der Waals surface area contributed by atoms with Crippen LogP contribution >= 0.6 is 11.6 Å². The van der Waals surface area contributed by atoms with Crippen molar-refractivity contribution in [3.8, 4) is 0 Å². The first-order valence-corrected chi connectivity index (χ1v) is 5.95. The minimum atomic E-state index is 0.553. The molecule has 0 aliphatic carbocycles. The molecule has 0 aliphatic rings. The molecular weight excluding hydrogens is 226 g/mol. The number of nitrogens with one attached hydrogen (secondary N) is 1. The van der Waals surface area contributed by atoms with Crippen molar-refractivity contribution in [2.24, 2.45) is 0 Å². The number of halogens is 1. The van der Waals surface area contributed by atoms with Crippen molar-refractivity contribution in [2.45, 2.75) is 20.3 Å². The van der Waals surface area contributed by atoms with Crippen LogP contribution in [0, 0.1) is 13.8 Å². The lowest BCUT2D eigenvalue weighted by Crippen LogP contribution is -2.08. The summed E-state index contributed by atoms with van der Waals surface area (Å²) in [5.74, 6) is 2.22. The van der Waals surface area contributed by atoms with Gasteiger partial charge in [0.05, 0.1) is 6.61 Å². The molecule has 0 unspecified atom stereocenters. The van der Waals surface area contributed by atoms with Gasteiger partial charge in [0.25, 0.3) is 0 Å². The van der Waals surface area contributed by atoms with Crippen molar-refractivity contribution in [2.75, 3.05) is 31.0 Å². The molecule has 0 saturated heterocycles.